The van der Waals surface area contributed by atoms with Gasteiger partial charge < -0.3 is 37.9 Å². The zero-order valence-electron chi connectivity index (χ0n) is 31.9. The molecule has 56 heavy (non-hydrogen) atoms. The Morgan fingerprint density at radius 1 is 0.518 bits per heavy atom. The van der Waals surface area contributed by atoms with Crippen LogP contribution >= 0.6 is 0 Å². The number of carbonyl (C=O) groups is 2. The Kier molecular flexibility index (Phi) is 12.8. The van der Waals surface area contributed by atoms with Crippen molar-refractivity contribution in [3.63, 3.8) is 0 Å². The molecule has 0 bridgehead atoms. The van der Waals surface area contributed by atoms with E-state index < -0.39 is 11.9 Å². The summed E-state index contributed by atoms with van der Waals surface area (Å²) in [6.07, 6.45) is 12.8. The third kappa shape index (κ3) is 11.3. The summed E-state index contributed by atoms with van der Waals surface area (Å²) in [6, 6.07) is 24.7. The largest absolute Gasteiger partial charge is 0.494 e. The van der Waals surface area contributed by atoms with E-state index in [0.29, 0.717) is 94.4 Å². The lowest BCUT2D eigenvalue weighted by Gasteiger charge is -2.13. The van der Waals surface area contributed by atoms with Gasteiger partial charge in [-0.1, -0.05) is 49.9 Å². The molecule has 4 fully saturated rings. The van der Waals surface area contributed by atoms with Crippen LogP contribution < -0.4 is 18.9 Å². The summed E-state index contributed by atoms with van der Waals surface area (Å²) in [7, 11) is 0. The van der Waals surface area contributed by atoms with Crippen molar-refractivity contribution in [2.45, 2.75) is 88.6 Å². The molecule has 10 nitrogen and oxygen atoms in total. The van der Waals surface area contributed by atoms with Crippen molar-refractivity contribution in [2.75, 3.05) is 39.6 Å². The first-order chi connectivity index (χ1) is 27.6. The lowest BCUT2D eigenvalue weighted by Crippen LogP contribution is -2.11. The van der Waals surface area contributed by atoms with E-state index >= 15 is 0 Å². The van der Waals surface area contributed by atoms with Crippen molar-refractivity contribution < 1.29 is 47.5 Å². The van der Waals surface area contributed by atoms with Gasteiger partial charge in [0.15, 0.2) is 0 Å². The van der Waals surface area contributed by atoms with Crippen LogP contribution in [0.5, 0.6) is 23.0 Å². The van der Waals surface area contributed by atoms with E-state index in [-0.39, 0.29) is 0 Å². The molecule has 0 aromatic heterocycles. The standard InChI is InChI=1S/C46H52O10/c47-45(31-15-19-35(20-16-31)49-23-5-1-3-9-33(43-29-53-43)25-37-27-51-37)55-41-13-7-12-40-39(41)11-8-14-42(40)56-46(48)32-17-21-36(22-18-32)50-24-6-2-4-10-34(44-30-54-44)26-38-28-52-38/h7-8,11-22,33-34,37-38,43-44H,1-6,9-10,23-30H2. The number of epoxide rings is 4. The first kappa shape index (κ1) is 38.4. The van der Waals surface area contributed by atoms with Gasteiger partial charge >= 0.3 is 11.9 Å². The molecular formula is C46H52O10. The molecule has 6 unspecified atom stereocenters. The molecule has 296 valence electrons. The van der Waals surface area contributed by atoms with E-state index in [4.69, 9.17) is 37.9 Å². The van der Waals surface area contributed by atoms with Crippen molar-refractivity contribution in [3.05, 3.63) is 96.1 Å². The molecule has 4 saturated heterocycles. The van der Waals surface area contributed by atoms with E-state index in [2.05, 4.69) is 0 Å². The van der Waals surface area contributed by atoms with E-state index in [1.165, 1.54) is 12.8 Å². The molecule has 4 aromatic carbocycles. The average Bonchev–Trinajstić information content (AvgIpc) is 4.02. The highest BCUT2D eigenvalue weighted by atomic mass is 16.6. The minimum absolute atomic E-state index is 0.372. The Balaban J connectivity index is 0.763. The molecule has 6 atom stereocenters. The highest BCUT2D eigenvalue weighted by molar-refractivity contribution is 5.99. The lowest BCUT2D eigenvalue weighted by molar-refractivity contribution is 0.0725. The Labute approximate surface area is 328 Å². The highest BCUT2D eigenvalue weighted by Crippen LogP contribution is 2.35. The van der Waals surface area contributed by atoms with Gasteiger partial charge in [0.25, 0.3) is 0 Å². The average molecular weight is 765 g/mol. The SMILES string of the molecule is O=C(Oc1cccc2c(OC(=O)c3ccc(OCCCCCC(CC4CO4)C4CO4)cc3)cccc12)c1ccc(OCCCCCC(CC2CO2)C2CO2)cc1. The van der Waals surface area contributed by atoms with Crippen LogP contribution in [-0.4, -0.2) is 76.0 Å². The van der Waals surface area contributed by atoms with Gasteiger partial charge in [0.1, 0.15) is 23.0 Å². The number of rotatable bonds is 24. The van der Waals surface area contributed by atoms with Gasteiger partial charge in [0, 0.05) is 10.8 Å². The Hall–Kier alpha value is -4.48. The maximum Gasteiger partial charge on any atom is 0.343 e. The molecule has 0 amide bonds. The highest BCUT2D eigenvalue weighted by Gasteiger charge is 2.38. The summed E-state index contributed by atoms with van der Waals surface area (Å²) in [6.45, 7) is 4.85. The van der Waals surface area contributed by atoms with Crippen LogP contribution in [0.25, 0.3) is 10.8 Å². The lowest BCUT2D eigenvalue weighted by atomic mass is 9.93. The molecule has 0 radical (unpaired) electrons. The summed E-state index contributed by atoms with van der Waals surface area (Å²) in [5, 5.41) is 1.31. The normalized spacial score (nSPS) is 21.5. The van der Waals surface area contributed by atoms with Crippen LogP contribution in [0.15, 0.2) is 84.9 Å². The predicted octanol–water partition coefficient (Wildman–Crippen LogP) is 8.76. The van der Waals surface area contributed by atoms with E-state index in [1.807, 2.05) is 12.1 Å². The van der Waals surface area contributed by atoms with Gasteiger partial charge in [-0.05, 0) is 111 Å². The van der Waals surface area contributed by atoms with Gasteiger partial charge in [0.05, 0.1) is 75.2 Å². The molecule has 4 heterocycles. The number of esters is 2. The molecule has 4 aliphatic rings. The van der Waals surface area contributed by atoms with Crippen LogP contribution in [0, 0.1) is 11.8 Å². The second-order valence-corrected chi connectivity index (χ2v) is 15.5. The fourth-order valence-corrected chi connectivity index (χ4v) is 7.52. The zero-order valence-corrected chi connectivity index (χ0v) is 31.9. The summed E-state index contributed by atoms with van der Waals surface area (Å²) < 4.78 is 45.5. The Morgan fingerprint density at radius 2 is 0.929 bits per heavy atom. The molecular weight excluding hydrogens is 712 g/mol. The van der Waals surface area contributed by atoms with Gasteiger partial charge in [-0.2, -0.15) is 0 Å². The second-order valence-electron chi connectivity index (χ2n) is 15.5. The van der Waals surface area contributed by atoms with Crippen LogP contribution in [-0.2, 0) is 18.9 Å². The number of hydrogen-bond donors (Lipinski definition) is 0. The monoisotopic (exact) mass is 764 g/mol. The molecule has 4 aromatic rings. The first-order valence-electron chi connectivity index (χ1n) is 20.4. The van der Waals surface area contributed by atoms with E-state index in [0.717, 1.165) is 77.8 Å². The van der Waals surface area contributed by atoms with Crippen molar-refractivity contribution in [1.29, 1.82) is 0 Å². The Morgan fingerprint density at radius 3 is 1.30 bits per heavy atom. The fraction of sp³-hybridized carbons (Fsp3) is 0.478. The van der Waals surface area contributed by atoms with Crippen LogP contribution in [0.4, 0.5) is 0 Å². The molecule has 0 aliphatic carbocycles. The first-order valence-corrected chi connectivity index (χ1v) is 20.4. The predicted molar refractivity (Wildman–Crippen MR) is 210 cm³/mol. The summed E-state index contributed by atoms with van der Waals surface area (Å²) in [4.78, 5) is 26.3. The van der Waals surface area contributed by atoms with Crippen LogP contribution in [0.1, 0.15) is 84.9 Å². The number of carbonyl (C=O) groups excluding carboxylic acids is 2. The van der Waals surface area contributed by atoms with Gasteiger partial charge in [0.2, 0.25) is 0 Å². The minimum atomic E-state index is -0.490. The number of fused-ring (bicyclic) bond motifs is 1. The molecule has 0 saturated carbocycles. The zero-order chi connectivity index (χ0) is 38.1. The maximum atomic E-state index is 13.2. The fourth-order valence-electron chi connectivity index (χ4n) is 7.52. The van der Waals surface area contributed by atoms with Crippen molar-refractivity contribution in [1.82, 2.24) is 0 Å². The quantitative estimate of drug-likeness (QED) is 0.0296. The number of unbranched alkanes of at least 4 members (excludes halogenated alkanes) is 4. The number of benzene rings is 4. The van der Waals surface area contributed by atoms with E-state index in [9.17, 15) is 9.59 Å². The number of ether oxygens (including phenoxy) is 8. The third-order valence-corrected chi connectivity index (χ3v) is 11.1. The van der Waals surface area contributed by atoms with Crippen molar-refractivity contribution in [2.24, 2.45) is 11.8 Å². The van der Waals surface area contributed by atoms with Gasteiger partial charge in [-0.3, -0.25) is 0 Å². The number of hydrogen-bond acceptors (Lipinski definition) is 10. The van der Waals surface area contributed by atoms with Crippen LogP contribution in [0.2, 0.25) is 0 Å². The van der Waals surface area contributed by atoms with E-state index in [1.54, 1.807) is 72.8 Å². The van der Waals surface area contributed by atoms with Gasteiger partial charge in [-0.15, -0.1) is 0 Å². The third-order valence-electron chi connectivity index (χ3n) is 11.1. The van der Waals surface area contributed by atoms with Gasteiger partial charge in [-0.25, -0.2) is 9.59 Å². The van der Waals surface area contributed by atoms with Crippen LogP contribution in [0.3, 0.4) is 0 Å². The molecule has 0 N–H and O–H groups in total. The molecule has 0 spiro atoms. The minimum Gasteiger partial charge on any atom is -0.494 e. The maximum absolute atomic E-state index is 13.2. The Bertz CT molecular complexity index is 1760. The molecule has 10 heteroatoms. The smallest absolute Gasteiger partial charge is 0.343 e. The summed E-state index contributed by atoms with van der Waals surface area (Å²) in [5.41, 5.74) is 0.815. The van der Waals surface area contributed by atoms with Crippen molar-refractivity contribution in [3.8, 4) is 23.0 Å². The topological polar surface area (TPSA) is 121 Å². The molecule has 4 aliphatic heterocycles. The second kappa shape index (κ2) is 18.6. The van der Waals surface area contributed by atoms with Crippen molar-refractivity contribution >= 4 is 22.7 Å². The summed E-state index contributed by atoms with van der Waals surface area (Å²) in [5.74, 6) is 2.42. The molecule has 8 rings (SSSR count). The summed E-state index contributed by atoms with van der Waals surface area (Å²) >= 11 is 0.